The number of methoxy groups -OCH3 is 1. The molecule has 0 aromatic carbocycles. The summed E-state index contributed by atoms with van der Waals surface area (Å²) in [7, 11) is 1.41. The zero-order chi connectivity index (χ0) is 23.5. The summed E-state index contributed by atoms with van der Waals surface area (Å²) in [5.74, 6) is 0.677. The molecule has 0 unspecified atom stereocenters. The topological polar surface area (TPSA) is 72.3 Å². The van der Waals surface area contributed by atoms with Gasteiger partial charge in [-0.05, 0) is 74.8 Å². The van der Waals surface area contributed by atoms with Gasteiger partial charge in [-0.25, -0.2) is 4.98 Å². The molecule has 0 amide bonds. The number of nitrogens with one attached hydrogen (secondary N) is 1. The highest BCUT2D eigenvalue weighted by molar-refractivity contribution is 7.80. The lowest BCUT2D eigenvalue weighted by Gasteiger charge is -2.28. The highest BCUT2D eigenvalue weighted by atomic mass is 32.1. The van der Waals surface area contributed by atoms with Crippen molar-refractivity contribution in [2.24, 2.45) is 0 Å². The molecule has 1 aliphatic rings. The molecule has 0 bridgehead atoms. The molecule has 0 aliphatic carbocycles. The molecule has 7 nitrogen and oxygen atoms in total. The summed E-state index contributed by atoms with van der Waals surface area (Å²) in [6, 6.07) is 12.1. The van der Waals surface area contributed by atoms with E-state index in [4.69, 9.17) is 17.0 Å². The fourth-order valence-electron chi connectivity index (χ4n) is 4.51. The average Bonchev–Trinajstić information content (AvgIpc) is 3.30. The maximum Gasteiger partial charge on any atom is 0.305 e. The number of carbonyl (C=O) groups excluding carboxylic acids is 1. The van der Waals surface area contributed by atoms with Crippen LogP contribution in [0.15, 0.2) is 48.8 Å². The van der Waals surface area contributed by atoms with Gasteiger partial charge in [0.2, 0.25) is 0 Å². The lowest BCUT2D eigenvalue weighted by molar-refractivity contribution is -0.140. The second-order valence-electron chi connectivity index (χ2n) is 8.36. The Morgan fingerprint density at radius 2 is 2.00 bits per heavy atom. The Balaban J connectivity index is 1.74. The second kappa shape index (κ2) is 9.70. The van der Waals surface area contributed by atoms with Crippen LogP contribution in [0.2, 0.25) is 0 Å². The van der Waals surface area contributed by atoms with E-state index in [1.165, 1.54) is 7.11 Å². The molecule has 8 heteroatoms. The molecule has 3 aromatic rings. The second-order valence-corrected chi connectivity index (χ2v) is 8.74. The quantitative estimate of drug-likeness (QED) is 0.417. The Morgan fingerprint density at radius 3 is 2.67 bits per heavy atom. The number of hydrogen-bond donors (Lipinski definition) is 1. The van der Waals surface area contributed by atoms with E-state index in [9.17, 15) is 4.79 Å². The molecular formula is C25H29N5O2S. The number of nitrogens with zero attached hydrogens (tertiary/aromatic N) is 4. The van der Waals surface area contributed by atoms with E-state index in [-0.39, 0.29) is 18.1 Å². The maximum absolute atomic E-state index is 11.7. The molecule has 0 saturated carbocycles. The zero-order valence-electron chi connectivity index (χ0n) is 19.4. The van der Waals surface area contributed by atoms with Crippen molar-refractivity contribution < 1.29 is 9.53 Å². The maximum atomic E-state index is 11.7. The van der Waals surface area contributed by atoms with Crippen molar-refractivity contribution in [1.29, 1.82) is 0 Å². The first-order chi connectivity index (χ1) is 15.9. The summed E-state index contributed by atoms with van der Waals surface area (Å²) in [6.45, 7) is 6.89. The number of aromatic nitrogens is 3. The van der Waals surface area contributed by atoms with E-state index >= 15 is 0 Å². The van der Waals surface area contributed by atoms with Crippen LogP contribution in [0.1, 0.15) is 53.1 Å². The number of thiocarbonyl (C=S) groups is 1. The third-order valence-corrected chi connectivity index (χ3v) is 6.47. The summed E-state index contributed by atoms with van der Waals surface area (Å²) in [6.07, 6.45) is 4.69. The van der Waals surface area contributed by atoms with Crippen molar-refractivity contribution in [2.75, 3.05) is 13.7 Å². The van der Waals surface area contributed by atoms with Crippen molar-refractivity contribution >= 4 is 23.3 Å². The van der Waals surface area contributed by atoms with Crippen LogP contribution in [0.3, 0.4) is 0 Å². The third kappa shape index (κ3) is 4.61. The van der Waals surface area contributed by atoms with Crippen LogP contribution in [0, 0.1) is 20.8 Å². The number of carbonyl (C=O) groups is 1. The number of rotatable bonds is 7. The summed E-state index contributed by atoms with van der Waals surface area (Å²) in [5.41, 5.74) is 5.43. The molecule has 4 rings (SSSR count). The Kier molecular flexibility index (Phi) is 6.74. The molecule has 1 saturated heterocycles. The molecule has 0 spiro atoms. The van der Waals surface area contributed by atoms with Crippen LogP contribution in [0.25, 0.3) is 5.82 Å². The summed E-state index contributed by atoms with van der Waals surface area (Å²) in [4.78, 5) is 23.1. The number of ether oxygens (including phenoxy) is 1. The van der Waals surface area contributed by atoms with Gasteiger partial charge in [0.25, 0.3) is 0 Å². The fourth-order valence-corrected chi connectivity index (χ4v) is 4.84. The van der Waals surface area contributed by atoms with E-state index in [1.807, 2.05) is 37.4 Å². The van der Waals surface area contributed by atoms with Gasteiger partial charge in [0.1, 0.15) is 5.82 Å². The minimum atomic E-state index is -0.213. The average molecular weight is 464 g/mol. The number of aryl methyl sites for hydroxylation is 2. The van der Waals surface area contributed by atoms with Gasteiger partial charge >= 0.3 is 5.97 Å². The van der Waals surface area contributed by atoms with E-state index in [0.29, 0.717) is 24.5 Å². The van der Waals surface area contributed by atoms with Crippen LogP contribution >= 0.6 is 12.2 Å². The van der Waals surface area contributed by atoms with Crippen molar-refractivity contribution in [3.63, 3.8) is 0 Å². The molecule has 1 aliphatic heterocycles. The Hall–Kier alpha value is -3.26. The normalized spacial score (nSPS) is 17.8. The van der Waals surface area contributed by atoms with Crippen LogP contribution in [-0.4, -0.2) is 44.2 Å². The molecule has 172 valence electrons. The molecule has 0 radical (unpaired) electrons. The van der Waals surface area contributed by atoms with E-state index < -0.39 is 0 Å². The van der Waals surface area contributed by atoms with Crippen LogP contribution in [0.4, 0.5) is 0 Å². The van der Waals surface area contributed by atoms with Gasteiger partial charge in [-0.1, -0.05) is 12.1 Å². The van der Waals surface area contributed by atoms with Crippen molar-refractivity contribution in [2.45, 2.75) is 45.7 Å². The minimum absolute atomic E-state index is 0.0598. The van der Waals surface area contributed by atoms with Gasteiger partial charge in [0, 0.05) is 36.7 Å². The summed E-state index contributed by atoms with van der Waals surface area (Å²) >= 11 is 5.74. The summed E-state index contributed by atoms with van der Waals surface area (Å²) in [5, 5.41) is 4.14. The standard InChI is InChI=1S/C25H29N5O2S/c1-16-10-11-21(27-15-16)30-17(2)14-19(18(30)3)24-23(20-8-5-6-12-26-20)28-25(33)29(24)13-7-9-22(31)32-4/h5-6,8,10-12,14-15,23-24H,7,9,13H2,1-4H3,(H,28,33)/t23-,24-/m1/s1. The van der Waals surface area contributed by atoms with Gasteiger partial charge in [-0.3, -0.25) is 9.78 Å². The molecule has 33 heavy (non-hydrogen) atoms. The predicted molar refractivity (Wildman–Crippen MR) is 131 cm³/mol. The van der Waals surface area contributed by atoms with Crippen LogP contribution in [0.5, 0.6) is 0 Å². The Labute approximate surface area is 199 Å². The number of hydrogen-bond acceptors (Lipinski definition) is 5. The SMILES string of the molecule is COC(=O)CCCN1C(=S)N[C@H](c2ccccn2)[C@H]1c1cc(C)n(-c2ccc(C)cn2)c1C. The van der Waals surface area contributed by atoms with Gasteiger partial charge in [-0.15, -0.1) is 0 Å². The molecule has 4 heterocycles. The van der Waals surface area contributed by atoms with Gasteiger partial charge in [-0.2, -0.15) is 0 Å². The van der Waals surface area contributed by atoms with Crippen molar-refractivity contribution in [3.8, 4) is 5.82 Å². The van der Waals surface area contributed by atoms with Crippen molar-refractivity contribution in [3.05, 3.63) is 77.0 Å². The van der Waals surface area contributed by atoms with E-state index in [1.54, 1.807) is 6.20 Å². The number of pyridine rings is 2. The molecular weight excluding hydrogens is 434 g/mol. The van der Waals surface area contributed by atoms with Crippen LogP contribution in [-0.2, 0) is 9.53 Å². The first-order valence-electron chi connectivity index (χ1n) is 11.1. The highest BCUT2D eigenvalue weighted by Crippen LogP contribution is 2.41. The lowest BCUT2D eigenvalue weighted by atomic mass is 9.96. The minimum Gasteiger partial charge on any atom is -0.469 e. The van der Waals surface area contributed by atoms with E-state index in [2.05, 4.69) is 50.7 Å². The van der Waals surface area contributed by atoms with Gasteiger partial charge < -0.3 is 19.5 Å². The molecule has 3 aromatic heterocycles. The molecule has 2 atom stereocenters. The Bertz CT molecular complexity index is 1140. The smallest absolute Gasteiger partial charge is 0.305 e. The van der Waals surface area contributed by atoms with Gasteiger partial charge in [0.15, 0.2) is 5.11 Å². The first kappa shape index (κ1) is 22.9. The van der Waals surface area contributed by atoms with Crippen molar-refractivity contribution in [1.82, 2.24) is 24.8 Å². The molecule has 1 N–H and O–H groups in total. The van der Waals surface area contributed by atoms with Crippen LogP contribution < -0.4 is 5.32 Å². The van der Waals surface area contributed by atoms with Gasteiger partial charge in [0.05, 0.1) is 24.9 Å². The Morgan fingerprint density at radius 1 is 1.18 bits per heavy atom. The number of esters is 1. The molecule has 1 fully saturated rings. The fraction of sp³-hybridized carbons (Fsp3) is 0.360. The zero-order valence-corrected chi connectivity index (χ0v) is 20.2. The van der Waals surface area contributed by atoms with E-state index in [0.717, 1.165) is 34.0 Å². The lowest BCUT2D eigenvalue weighted by Crippen LogP contribution is -2.31. The predicted octanol–water partition coefficient (Wildman–Crippen LogP) is 4.12. The largest absolute Gasteiger partial charge is 0.469 e. The monoisotopic (exact) mass is 463 g/mol. The highest BCUT2D eigenvalue weighted by Gasteiger charge is 2.41. The summed E-state index contributed by atoms with van der Waals surface area (Å²) < 4.78 is 6.99. The third-order valence-electron chi connectivity index (χ3n) is 6.12. The first-order valence-corrected chi connectivity index (χ1v) is 11.5.